The molecule has 0 fully saturated rings. The average molecular weight is 520 g/mol. The highest BCUT2D eigenvalue weighted by molar-refractivity contribution is 9.11. The van der Waals surface area contributed by atoms with Gasteiger partial charge in [-0.2, -0.15) is 0 Å². The molecule has 0 amide bonds. The smallest absolute Gasteiger partial charge is 0.155 e. The molecule has 0 spiro atoms. The Kier molecular flexibility index (Phi) is 7.04. The highest BCUT2D eigenvalue weighted by Gasteiger charge is 2.22. The molecule has 3 nitrogen and oxygen atoms in total. The molecule has 0 aliphatic rings. The largest absolute Gasteiger partial charge is 0.496 e. The van der Waals surface area contributed by atoms with Crippen molar-refractivity contribution in [2.45, 2.75) is 32.8 Å². The van der Waals surface area contributed by atoms with Crippen LogP contribution in [0.25, 0.3) is 0 Å². The van der Waals surface area contributed by atoms with Crippen LogP contribution >= 0.6 is 31.9 Å². The molecule has 152 valence electrons. The van der Waals surface area contributed by atoms with E-state index in [9.17, 15) is 5.11 Å². The van der Waals surface area contributed by atoms with Gasteiger partial charge in [-0.1, -0.05) is 49.7 Å². The van der Waals surface area contributed by atoms with Crippen molar-refractivity contribution >= 4 is 31.9 Å². The number of aliphatic hydroxyl groups excluding tert-OH is 1. The molecule has 0 saturated carbocycles. The number of methoxy groups -OCH3 is 1. The standard InChI is InChI=1S/C24H24Br2O3/c1-14(2)17-12-22(29-24-19(25)9-6-10-20(24)26)18(13-21(17)28-4)23(27)16-8-5-7-15(3)11-16/h5-14,23,27H,1-4H3. The second kappa shape index (κ2) is 9.33. The minimum Gasteiger partial charge on any atom is -0.496 e. The van der Waals surface area contributed by atoms with Gasteiger partial charge >= 0.3 is 0 Å². The number of rotatable bonds is 6. The lowest BCUT2D eigenvalue weighted by molar-refractivity contribution is 0.215. The Morgan fingerprint density at radius 1 is 0.862 bits per heavy atom. The molecule has 0 heterocycles. The van der Waals surface area contributed by atoms with E-state index in [1.807, 2.05) is 61.5 Å². The van der Waals surface area contributed by atoms with Gasteiger partial charge in [0.05, 0.1) is 16.1 Å². The predicted molar refractivity (Wildman–Crippen MR) is 124 cm³/mol. The van der Waals surface area contributed by atoms with Crippen LogP contribution in [-0.4, -0.2) is 12.2 Å². The molecule has 0 saturated heterocycles. The van der Waals surface area contributed by atoms with Gasteiger partial charge in [0.2, 0.25) is 0 Å². The van der Waals surface area contributed by atoms with Crippen LogP contribution in [0, 0.1) is 6.92 Å². The minimum absolute atomic E-state index is 0.236. The normalized spacial score (nSPS) is 12.1. The van der Waals surface area contributed by atoms with Gasteiger partial charge in [0.15, 0.2) is 5.75 Å². The van der Waals surface area contributed by atoms with E-state index in [1.165, 1.54) is 0 Å². The van der Waals surface area contributed by atoms with Gasteiger partial charge in [-0.3, -0.25) is 0 Å². The van der Waals surface area contributed by atoms with Crippen LogP contribution in [0.3, 0.4) is 0 Å². The highest BCUT2D eigenvalue weighted by Crippen LogP contribution is 2.43. The summed E-state index contributed by atoms with van der Waals surface area (Å²) in [5.41, 5.74) is 3.56. The Balaban J connectivity index is 2.17. The maximum atomic E-state index is 11.2. The van der Waals surface area contributed by atoms with Crippen LogP contribution in [-0.2, 0) is 0 Å². The second-order valence-electron chi connectivity index (χ2n) is 7.26. The van der Waals surface area contributed by atoms with E-state index >= 15 is 0 Å². The first kappa shape index (κ1) is 21.9. The molecule has 29 heavy (non-hydrogen) atoms. The molecule has 1 unspecified atom stereocenters. The van der Waals surface area contributed by atoms with Gasteiger partial charge in [-0.05, 0) is 74.5 Å². The third-order valence-corrected chi connectivity index (χ3v) is 6.02. The van der Waals surface area contributed by atoms with E-state index in [2.05, 4.69) is 45.7 Å². The Morgan fingerprint density at radius 2 is 1.48 bits per heavy atom. The molecule has 0 aromatic heterocycles. The molecule has 0 aliphatic heterocycles. The van der Waals surface area contributed by atoms with Crippen molar-refractivity contribution in [3.63, 3.8) is 0 Å². The summed E-state index contributed by atoms with van der Waals surface area (Å²) in [5.74, 6) is 2.22. The van der Waals surface area contributed by atoms with Crippen LogP contribution in [0.4, 0.5) is 0 Å². The third-order valence-electron chi connectivity index (χ3n) is 4.77. The van der Waals surface area contributed by atoms with E-state index in [0.29, 0.717) is 17.1 Å². The Morgan fingerprint density at radius 3 is 2.07 bits per heavy atom. The Labute approximate surface area is 188 Å². The quantitative estimate of drug-likeness (QED) is 0.366. The average Bonchev–Trinajstić information content (AvgIpc) is 2.69. The van der Waals surface area contributed by atoms with E-state index in [0.717, 1.165) is 31.4 Å². The SMILES string of the molecule is COc1cc(C(O)c2cccc(C)c2)c(Oc2c(Br)cccc2Br)cc1C(C)C. The molecule has 3 rings (SSSR count). The van der Waals surface area contributed by atoms with Gasteiger partial charge in [-0.15, -0.1) is 0 Å². The summed E-state index contributed by atoms with van der Waals surface area (Å²) >= 11 is 7.11. The lowest BCUT2D eigenvalue weighted by Gasteiger charge is -2.22. The molecule has 0 aliphatic carbocycles. The molecule has 1 N–H and O–H groups in total. The number of aliphatic hydroxyl groups is 1. The molecule has 3 aromatic rings. The summed E-state index contributed by atoms with van der Waals surface area (Å²) in [6.45, 7) is 6.22. The predicted octanol–water partition coefficient (Wildman–Crippen LogP) is 7.53. The zero-order chi connectivity index (χ0) is 21.1. The second-order valence-corrected chi connectivity index (χ2v) is 8.96. The first-order valence-electron chi connectivity index (χ1n) is 9.40. The first-order chi connectivity index (χ1) is 13.8. The highest BCUT2D eigenvalue weighted by atomic mass is 79.9. The summed E-state index contributed by atoms with van der Waals surface area (Å²) in [5, 5.41) is 11.2. The van der Waals surface area contributed by atoms with Crippen molar-refractivity contribution in [1.29, 1.82) is 0 Å². The van der Waals surface area contributed by atoms with Gasteiger partial charge < -0.3 is 14.6 Å². The lowest BCUT2D eigenvalue weighted by atomic mass is 9.94. The van der Waals surface area contributed by atoms with Crippen LogP contribution in [0.5, 0.6) is 17.2 Å². The van der Waals surface area contributed by atoms with Gasteiger partial charge in [0, 0.05) is 11.1 Å². The Bertz CT molecular complexity index is 995. The number of para-hydroxylation sites is 1. The van der Waals surface area contributed by atoms with Gasteiger partial charge in [0.1, 0.15) is 17.6 Å². The monoisotopic (exact) mass is 518 g/mol. The van der Waals surface area contributed by atoms with Crippen molar-refractivity contribution in [1.82, 2.24) is 0 Å². The number of aryl methyl sites for hydroxylation is 1. The third kappa shape index (κ3) is 4.85. The molecular weight excluding hydrogens is 496 g/mol. The summed E-state index contributed by atoms with van der Waals surface area (Å²) in [7, 11) is 1.65. The van der Waals surface area contributed by atoms with Crippen molar-refractivity contribution in [2.75, 3.05) is 7.11 Å². The van der Waals surface area contributed by atoms with E-state index < -0.39 is 6.10 Å². The van der Waals surface area contributed by atoms with Crippen molar-refractivity contribution in [2.24, 2.45) is 0 Å². The Hall–Kier alpha value is -1.82. The summed E-state index contributed by atoms with van der Waals surface area (Å²) < 4.78 is 13.6. The van der Waals surface area contributed by atoms with E-state index in [-0.39, 0.29) is 5.92 Å². The van der Waals surface area contributed by atoms with Crippen LogP contribution in [0.15, 0.2) is 63.5 Å². The minimum atomic E-state index is -0.846. The summed E-state index contributed by atoms with van der Waals surface area (Å²) in [4.78, 5) is 0. The molecule has 0 bridgehead atoms. The number of hydrogen-bond acceptors (Lipinski definition) is 3. The van der Waals surface area contributed by atoms with E-state index in [1.54, 1.807) is 7.11 Å². The van der Waals surface area contributed by atoms with Crippen molar-refractivity contribution in [3.05, 3.63) is 85.8 Å². The fraction of sp³-hybridized carbons (Fsp3) is 0.250. The molecule has 5 heteroatoms. The summed E-state index contributed by atoms with van der Waals surface area (Å²) in [6, 6.07) is 17.5. The number of ether oxygens (including phenoxy) is 2. The zero-order valence-corrected chi connectivity index (χ0v) is 20.0. The fourth-order valence-corrected chi connectivity index (χ4v) is 4.39. The van der Waals surface area contributed by atoms with Gasteiger partial charge in [0.25, 0.3) is 0 Å². The maximum Gasteiger partial charge on any atom is 0.155 e. The number of hydrogen-bond donors (Lipinski definition) is 1. The molecule has 1 atom stereocenters. The van der Waals surface area contributed by atoms with Crippen LogP contribution < -0.4 is 9.47 Å². The lowest BCUT2D eigenvalue weighted by Crippen LogP contribution is -2.06. The van der Waals surface area contributed by atoms with E-state index in [4.69, 9.17) is 9.47 Å². The number of benzene rings is 3. The van der Waals surface area contributed by atoms with Crippen LogP contribution in [0.1, 0.15) is 48.1 Å². The molecular formula is C24H24Br2O3. The molecule has 3 aromatic carbocycles. The topological polar surface area (TPSA) is 38.7 Å². The zero-order valence-electron chi connectivity index (χ0n) is 16.9. The van der Waals surface area contributed by atoms with Gasteiger partial charge in [-0.25, -0.2) is 0 Å². The molecule has 0 radical (unpaired) electrons. The number of halogens is 2. The maximum absolute atomic E-state index is 11.2. The van der Waals surface area contributed by atoms with Crippen LogP contribution in [0.2, 0.25) is 0 Å². The van der Waals surface area contributed by atoms with Crippen molar-refractivity contribution in [3.8, 4) is 17.2 Å². The first-order valence-corrected chi connectivity index (χ1v) is 11.0. The van der Waals surface area contributed by atoms with Crippen molar-refractivity contribution < 1.29 is 14.6 Å². The summed E-state index contributed by atoms with van der Waals surface area (Å²) in [6.07, 6.45) is -0.846. The fourth-order valence-electron chi connectivity index (χ4n) is 3.23.